The summed E-state index contributed by atoms with van der Waals surface area (Å²) in [7, 11) is 0. The number of carbonyl (C=O) groups is 1. The van der Waals surface area contributed by atoms with E-state index >= 15 is 0 Å². The second-order valence-electron chi connectivity index (χ2n) is 5.78. The molecular formula is C18H20N2O3S2. The Morgan fingerprint density at radius 1 is 1.36 bits per heavy atom. The van der Waals surface area contributed by atoms with Gasteiger partial charge in [0.25, 0.3) is 0 Å². The van der Waals surface area contributed by atoms with E-state index in [0.717, 1.165) is 28.4 Å². The molecular weight excluding hydrogens is 356 g/mol. The van der Waals surface area contributed by atoms with Crippen molar-refractivity contribution in [3.8, 4) is 0 Å². The van der Waals surface area contributed by atoms with E-state index in [1.54, 1.807) is 28.7 Å². The molecule has 1 aliphatic heterocycles. The Kier molecular flexibility index (Phi) is 6.01. The van der Waals surface area contributed by atoms with Crippen molar-refractivity contribution in [1.29, 1.82) is 0 Å². The topological polar surface area (TPSA) is 62.1 Å². The van der Waals surface area contributed by atoms with Crippen LogP contribution in [0.5, 0.6) is 0 Å². The fourth-order valence-corrected chi connectivity index (χ4v) is 4.36. The quantitative estimate of drug-likeness (QED) is 0.456. The van der Waals surface area contributed by atoms with Crippen LogP contribution in [-0.4, -0.2) is 47.9 Å². The lowest BCUT2D eigenvalue weighted by molar-refractivity contribution is -0.133. The van der Waals surface area contributed by atoms with Crippen LogP contribution in [0.3, 0.4) is 0 Å². The second kappa shape index (κ2) is 8.42. The molecule has 7 heteroatoms. The highest BCUT2D eigenvalue weighted by Gasteiger charge is 2.17. The number of carboxylic acid groups (broad SMARTS) is 1. The first-order valence-corrected chi connectivity index (χ1v) is 9.84. The molecule has 0 fully saturated rings. The molecule has 2 aromatic heterocycles. The number of hydrogen-bond acceptors (Lipinski definition) is 6. The highest BCUT2D eigenvalue weighted by Crippen LogP contribution is 2.23. The highest BCUT2D eigenvalue weighted by atomic mass is 32.1. The third kappa shape index (κ3) is 4.56. The summed E-state index contributed by atoms with van der Waals surface area (Å²) < 4.78 is 0. The number of oxime groups is 1. The van der Waals surface area contributed by atoms with Crippen LogP contribution in [0.15, 0.2) is 45.8 Å². The van der Waals surface area contributed by atoms with Gasteiger partial charge in [-0.15, -0.1) is 22.7 Å². The van der Waals surface area contributed by atoms with E-state index in [2.05, 4.69) is 28.4 Å². The van der Waals surface area contributed by atoms with Gasteiger partial charge in [-0.25, -0.2) is 4.79 Å². The average Bonchev–Trinajstić information content (AvgIpc) is 3.27. The van der Waals surface area contributed by atoms with Gasteiger partial charge >= 0.3 is 5.97 Å². The zero-order valence-corrected chi connectivity index (χ0v) is 15.6. The van der Waals surface area contributed by atoms with E-state index in [1.807, 2.05) is 17.5 Å². The first-order valence-electron chi connectivity index (χ1n) is 8.08. The Labute approximate surface area is 154 Å². The predicted molar refractivity (Wildman–Crippen MR) is 102 cm³/mol. The monoisotopic (exact) mass is 376 g/mol. The molecule has 0 amide bonds. The number of thiophene rings is 2. The number of aryl methyl sites for hydroxylation is 1. The van der Waals surface area contributed by atoms with E-state index in [1.165, 1.54) is 5.56 Å². The lowest BCUT2D eigenvalue weighted by Gasteiger charge is -2.24. The van der Waals surface area contributed by atoms with Crippen molar-refractivity contribution in [2.24, 2.45) is 5.16 Å². The Morgan fingerprint density at radius 2 is 2.24 bits per heavy atom. The molecule has 0 atom stereocenters. The first kappa shape index (κ1) is 17.8. The highest BCUT2D eigenvalue weighted by molar-refractivity contribution is 7.16. The van der Waals surface area contributed by atoms with Crippen molar-refractivity contribution in [3.63, 3.8) is 0 Å². The normalized spacial score (nSPS) is 15.9. The van der Waals surface area contributed by atoms with Gasteiger partial charge < -0.3 is 9.94 Å². The predicted octanol–water partition coefficient (Wildman–Crippen LogP) is 3.60. The third-order valence-electron chi connectivity index (χ3n) is 3.99. The zero-order chi connectivity index (χ0) is 17.6. The Bertz CT molecular complexity index is 778. The van der Waals surface area contributed by atoms with Gasteiger partial charge in [0.1, 0.15) is 12.3 Å². The van der Waals surface area contributed by atoms with Crippen molar-refractivity contribution in [1.82, 2.24) is 4.90 Å². The molecule has 0 unspecified atom stereocenters. The maximum absolute atomic E-state index is 11.1. The maximum atomic E-state index is 11.1. The summed E-state index contributed by atoms with van der Waals surface area (Å²) in [6.45, 7) is 4.49. The Balaban J connectivity index is 1.61. The lowest BCUT2D eigenvalue weighted by atomic mass is 10.1. The van der Waals surface area contributed by atoms with Gasteiger partial charge in [-0.05, 0) is 41.8 Å². The number of rotatable bonds is 7. The smallest absolute Gasteiger partial charge is 0.332 e. The van der Waals surface area contributed by atoms with Gasteiger partial charge in [-0.2, -0.15) is 0 Å². The lowest BCUT2D eigenvalue weighted by Crippen LogP contribution is -2.34. The molecule has 0 bridgehead atoms. The summed E-state index contributed by atoms with van der Waals surface area (Å²) in [5.74, 6) is -0.836. The molecule has 132 valence electrons. The molecule has 0 radical (unpaired) electrons. The van der Waals surface area contributed by atoms with Gasteiger partial charge in [0.15, 0.2) is 0 Å². The molecule has 25 heavy (non-hydrogen) atoms. The zero-order valence-electron chi connectivity index (χ0n) is 14.0. The van der Waals surface area contributed by atoms with Crippen LogP contribution >= 0.6 is 22.7 Å². The van der Waals surface area contributed by atoms with Crippen molar-refractivity contribution >= 4 is 34.4 Å². The average molecular weight is 377 g/mol. The summed E-state index contributed by atoms with van der Waals surface area (Å²) in [4.78, 5) is 20.9. The number of nitrogens with zero attached hydrogens (tertiary/aromatic N) is 2. The van der Waals surface area contributed by atoms with E-state index in [9.17, 15) is 4.79 Å². The Morgan fingerprint density at radius 3 is 2.92 bits per heavy atom. The van der Waals surface area contributed by atoms with Gasteiger partial charge in [0, 0.05) is 25.2 Å². The van der Waals surface area contributed by atoms with Gasteiger partial charge in [-0.1, -0.05) is 17.3 Å². The van der Waals surface area contributed by atoms with E-state index in [4.69, 9.17) is 9.94 Å². The third-order valence-corrected chi connectivity index (χ3v) is 5.89. The standard InChI is InChI=1S/C18H20N2O3S2/c1-13-6-11-25-17(13)16(15-5-3-10-24-15)19-23-9-8-20-7-2-4-14(12-20)18(21)22/h3-6,10-11H,2,7-9,12H2,1H3,(H,21,22)/b19-16+. The van der Waals surface area contributed by atoms with Crippen molar-refractivity contribution in [2.45, 2.75) is 13.3 Å². The maximum Gasteiger partial charge on any atom is 0.332 e. The molecule has 0 aromatic carbocycles. The minimum absolute atomic E-state index is 0.437. The van der Waals surface area contributed by atoms with E-state index < -0.39 is 5.97 Å². The molecule has 1 N–H and O–H groups in total. The molecule has 0 saturated heterocycles. The number of hydrogen-bond donors (Lipinski definition) is 1. The minimum atomic E-state index is -0.836. The summed E-state index contributed by atoms with van der Waals surface area (Å²) >= 11 is 3.30. The van der Waals surface area contributed by atoms with E-state index in [-0.39, 0.29) is 0 Å². The Hall–Kier alpha value is -1.96. The van der Waals surface area contributed by atoms with Crippen LogP contribution in [0.1, 0.15) is 21.7 Å². The SMILES string of the molecule is Cc1ccsc1/C(=N/OCCN1CCC=C(C(=O)O)C1)c1cccs1. The van der Waals surface area contributed by atoms with Crippen LogP contribution in [0.4, 0.5) is 0 Å². The van der Waals surface area contributed by atoms with E-state index in [0.29, 0.717) is 25.3 Å². The van der Waals surface area contributed by atoms with Crippen LogP contribution in [0.2, 0.25) is 0 Å². The molecule has 1 aliphatic rings. The molecule has 3 rings (SSSR count). The van der Waals surface area contributed by atoms with Gasteiger partial charge in [-0.3, -0.25) is 4.90 Å². The summed E-state index contributed by atoms with van der Waals surface area (Å²) in [5, 5.41) is 17.6. The van der Waals surface area contributed by atoms with Crippen LogP contribution in [-0.2, 0) is 9.63 Å². The largest absolute Gasteiger partial charge is 0.478 e. The van der Waals surface area contributed by atoms with Gasteiger partial charge in [0.05, 0.1) is 9.75 Å². The molecule has 0 spiro atoms. The summed E-state index contributed by atoms with van der Waals surface area (Å²) in [6, 6.07) is 6.13. The second-order valence-corrected chi connectivity index (χ2v) is 7.65. The first-order chi connectivity index (χ1) is 12.1. The summed E-state index contributed by atoms with van der Waals surface area (Å²) in [5.41, 5.74) is 2.52. The number of aliphatic carboxylic acids is 1. The van der Waals surface area contributed by atoms with Crippen LogP contribution in [0.25, 0.3) is 0 Å². The fraction of sp³-hybridized carbons (Fsp3) is 0.333. The van der Waals surface area contributed by atoms with Crippen LogP contribution < -0.4 is 0 Å². The molecule has 3 heterocycles. The van der Waals surface area contributed by atoms with Gasteiger partial charge in [0.2, 0.25) is 0 Å². The van der Waals surface area contributed by atoms with Crippen LogP contribution in [0, 0.1) is 6.92 Å². The molecule has 0 aliphatic carbocycles. The van der Waals surface area contributed by atoms with Crippen molar-refractivity contribution in [2.75, 3.05) is 26.2 Å². The van der Waals surface area contributed by atoms with Crippen molar-refractivity contribution < 1.29 is 14.7 Å². The molecule has 5 nitrogen and oxygen atoms in total. The minimum Gasteiger partial charge on any atom is -0.478 e. The van der Waals surface area contributed by atoms with Crippen molar-refractivity contribution in [3.05, 3.63) is 55.9 Å². The summed E-state index contributed by atoms with van der Waals surface area (Å²) in [6.07, 6.45) is 2.56. The molecule has 0 saturated carbocycles. The molecule has 2 aromatic rings. The number of carboxylic acids is 1. The fourth-order valence-electron chi connectivity index (χ4n) is 2.66.